The number of hydrogen-bond donors (Lipinski definition) is 1. The van der Waals surface area contributed by atoms with E-state index >= 15 is 0 Å². The molecule has 0 aliphatic carbocycles. The number of rotatable bonds is 4. The molecule has 0 aromatic carbocycles. The molecule has 2 rings (SSSR count). The zero-order valence-corrected chi connectivity index (χ0v) is 9.58. The minimum Gasteiger partial charge on any atom is -0.365 e. The summed E-state index contributed by atoms with van der Waals surface area (Å²) in [5.74, 6) is 1.87. The largest absolute Gasteiger partial charge is 0.365 e. The van der Waals surface area contributed by atoms with Crippen molar-refractivity contribution in [2.24, 2.45) is 0 Å². The quantitative estimate of drug-likeness (QED) is 0.785. The van der Waals surface area contributed by atoms with E-state index in [0.717, 1.165) is 31.3 Å². The molecule has 0 unspecified atom stereocenters. The summed E-state index contributed by atoms with van der Waals surface area (Å²) in [5.41, 5.74) is -0.0155. The zero-order chi connectivity index (χ0) is 10.9. The predicted octanol–water partition coefficient (Wildman–Crippen LogP) is 0.485. The van der Waals surface area contributed by atoms with Crippen LogP contribution in [0.2, 0.25) is 0 Å². The van der Waals surface area contributed by atoms with Crippen molar-refractivity contribution < 1.29 is 4.74 Å². The second-order valence-corrected chi connectivity index (χ2v) is 4.25. The van der Waals surface area contributed by atoms with Gasteiger partial charge in [-0.05, 0) is 20.8 Å². The van der Waals surface area contributed by atoms with Crippen LogP contribution in [0.25, 0.3) is 0 Å². The molecule has 0 atom stereocenters. The average molecular weight is 210 g/mol. The summed E-state index contributed by atoms with van der Waals surface area (Å²) in [7, 11) is 0. The maximum absolute atomic E-state index is 5.82. The first-order valence-electron chi connectivity index (χ1n) is 5.38. The predicted molar refractivity (Wildman–Crippen MR) is 56.5 cm³/mol. The fourth-order valence-corrected chi connectivity index (χ4v) is 1.76. The summed E-state index contributed by atoms with van der Waals surface area (Å²) in [4.78, 5) is 0. The van der Waals surface area contributed by atoms with E-state index < -0.39 is 0 Å². The lowest BCUT2D eigenvalue weighted by Gasteiger charge is -2.38. The van der Waals surface area contributed by atoms with Crippen LogP contribution in [-0.4, -0.2) is 33.5 Å². The van der Waals surface area contributed by atoms with E-state index in [4.69, 9.17) is 4.74 Å². The Labute approximate surface area is 89.8 Å². The lowest BCUT2D eigenvalue weighted by molar-refractivity contribution is -0.0798. The van der Waals surface area contributed by atoms with Crippen molar-refractivity contribution in [3.63, 3.8) is 0 Å². The average Bonchev–Trinajstić information content (AvgIpc) is 2.53. The summed E-state index contributed by atoms with van der Waals surface area (Å²) in [5, 5.41) is 11.4. The van der Waals surface area contributed by atoms with Crippen molar-refractivity contribution in [3.8, 4) is 0 Å². The Balaban J connectivity index is 1.98. The molecule has 1 saturated heterocycles. The summed E-state index contributed by atoms with van der Waals surface area (Å²) >= 11 is 0. The van der Waals surface area contributed by atoms with Crippen LogP contribution in [0.3, 0.4) is 0 Å². The molecule has 0 radical (unpaired) electrons. The van der Waals surface area contributed by atoms with Gasteiger partial charge in [-0.25, -0.2) is 0 Å². The van der Waals surface area contributed by atoms with Gasteiger partial charge in [0.1, 0.15) is 12.4 Å². The van der Waals surface area contributed by atoms with Crippen molar-refractivity contribution in [2.45, 2.75) is 39.5 Å². The number of hydrogen-bond acceptors (Lipinski definition) is 4. The molecule has 0 spiro atoms. The summed E-state index contributed by atoms with van der Waals surface area (Å²) in [6.45, 7) is 9.46. The number of aryl methyl sites for hydroxylation is 1. The maximum atomic E-state index is 5.82. The fraction of sp³-hybridized carbons (Fsp3) is 0.800. The summed E-state index contributed by atoms with van der Waals surface area (Å²) < 4.78 is 7.90. The maximum Gasteiger partial charge on any atom is 0.159 e. The van der Waals surface area contributed by atoms with Gasteiger partial charge in [0.2, 0.25) is 0 Å². The van der Waals surface area contributed by atoms with Crippen molar-refractivity contribution in [2.75, 3.05) is 13.1 Å². The van der Waals surface area contributed by atoms with Crippen LogP contribution in [0.5, 0.6) is 0 Å². The Morgan fingerprint density at radius 2 is 2.20 bits per heavy atom. The highest BCUT2D eigenvalue weighted by Gasteiger charge is 2.32. The molecule has 5 nitrogen and oxygen atoms in total. The minimum atomic E-state index is -0.0155. The monoisotopic (exact) mass is 210 g/mol. The SMILES string of the molecule is CCn1c(C)nnc1COC1(C)CNC1. The number of nitrogens with one attached hydrogen (secondary N) is 1. The van der Waals surface area contributed by atoms with Gasteiger partial charge in [0.25, 0.3) is 0 Å². The zero-order valence-electron chi connectivity index (χ0n) is 9.58. The van der Waals surface area contributed by atoms with Crippen molar-refractivity contribution in [1.82, 2.24) is 20.1 Å². The Morgan fingerprint density at radius 1 is 1.47 bits per heavy atom. The molecule has 1 aromatic rings. The molecule has 1 aromatic heterocycles. The Morgan fingerprint density at radius 3 is 2.73 bits per heavy atom. The van der Waals surface area contributed by atoms with Crippen molar-refractivity contribution in [1.29, 1.82) is 0 Å². The first-order chi connectivity index (χ1) is 7.14. The normalized spacial score (nSPS) is 18.9. The topological polar surface area (TPSA) is 52.0 Å². The second-order valence-electron chi connectivity index (χ2n) is 4.25. The lowest BCUT2D eigenvalue weighted by Crippen LogP contribution is -2.58. The van der Waals surface area contributed by atoms with E-state index in [2.05, 4.69) is 33.9 Å². The van der Waals surface area contributed by atoms with E-state index in [9.17, 15) is 0 Å². The molecule has 15 heavy (non-hydrogen) atoms. The van der Waals surface area contributed by atoms with Crippen LogP contribution in [0.15, 0.2) is 0 Å². The van der Waals surface area contributed by atoms with Gasteiger partial charge in [-0.15, -0.1) is 10.2 Å². The van der Waals surface area contributed by atoms with Gasteiger partial charge in [0.15, 0.2) is 5.82 Å². The minimum absolute atomic E-state index is 0.0155. The van der Waals surface area contributed by atoms with Crippen molar-refractivity contribution in [3.05, 3.63) is 11.6 Å². The molecule has 5 heteroatoms. The Kier molecular flexibility index (Phi) is 2.75. The third-order valence-corrected chi connectivity index (χ3v) is 2.88. The molecule has 0 saturated carbocycles. The Hall–Kier alpha value is -0.940. The van der Waals surface area contributed by atoms with Crippen LogP contribution >= 0.6 is 0 Å². The molecule has 1 aliphatic rings. The van der Waals surface area contributed by atoms with Gasteiger partial charge >= 0.3 is 0 Å². The first-order valence-corrected chi connectivity index (χ1v) is 5.38. The smallest absolute Gasteiger partial charge is 0.159 e. The van der Waals surface area contributed by atoms with E-state index in [-0.39, 0.29) is 5.60 Å². The van der Waals surface area contributed by atoms with Gasteiger partial charge in [0.05, 0.1) is 5.60 Å². The van der Waals surface area contributed by atoms with Crippen LogP contribution in [-0.2, 0) is 17.9 Å². The standard InChI is InChI=1S/C10H18N4O/c1-4-14-8(2)12-13-9(14)5-15-10(3)6-11-7-10/h11H,4-7H2,1-3H3. The van der Waals surface area contributed by atoms with E-state index in [1.165, 1.54) is 0 Å². The van der Waals surface area contributed by atoms with Crippen LogP contribution in [0.4, 0.5) is 0 Å². The van der Waals surface area contributed by atoms with E-state index in [1.54, 1.807) is 0 Å². The molecular weight excluding hydrogens is 192 g/mol. The summed E-state index contributed by atoms with van der Waals surface area (Å²) in [6.07, 6.45) is 0. The number of nitrogens with zero attached hydrogens (tertiary/aromatic N) is 3. The van der Waals surface area contributed by atoms with E-state index in [1.807, 2.05) is 6.92 Å². The molecule has 1 N–H and O–H groups in total. The fourth-order valence-electron chi connectivity index (χ4n) is 1.76. The molecule has 0 amide bonds. The molecule has 0 bridgehead atoms. The third-order valence-electron chi connectivity index (χ3n) is 2.88. The van der Waals surface area contributed by atoms with E-state index in [0.29, 0.717) is 6.61 Å². The molecule has 84 valence electrons. The second kappa shape index (κ2) is 3.90. The van der Waals surface area contributed by atoms with Crippen LogP contribution < -0.4 is 5.32 Å². The molecular formula is C10H18N4O. The van der Waals surface area contributed by atoms with Crippen LogP contribution in [0, 0.1) is 6.92 Å². The molecule has 1 fully saturated rings. The number of aromatic nitrogens is 3. The van der Waals surface area contributed by atoms with Crippen LogP contribution in [0.1, 0.15) is 25.5 Å². The highest BCUT2D eigenvalue weighted by atomic mass is 16.5. The van der Waals surface area contributed by atoms with Gasteiger partial charge in [-0.1, -0.05) is 0 Å². The first kappa shape index (κ1) is 10.6. The highest BCUT2D eigenvalue weighted by molar-refractivity contribution is 4.95. The highest BCUT2D eigenvalue weighted by Crippen LogP contribution is 2.17. The number of ether oxygens (including phenoxy) is 1. The molecule has 2 heterocycles. The van der Waals surface area contributed by atoms with Gasteiger partial charge in [0, 0.05) is 19.6 Å². The van der Waals surface area contributed by atoms with Gasteiger partial charge < -0.3 is 14.6 Å². The molecule has 1 aliphatic heterocycles. The third kappa shape index (κ3) is 2.03. The Bertz CT molecular complexity index is 343. The lowest BCUT2D eigenvalue weighted by atomic mass is 10.0. The summed E-state index contributed by atoms with van der Waals surface area (Å²) in [6, 6.07) is 0. The van der Waals surface area contributed by atoms with Gasteiger partial charge in [-0.3, -0.25) is 0 Å². The van der Waals surface area contributed by atoms with Gasteiger partial charge in [-0.2, -0.15) is 0 Å². The van der Waals surface area contributed by atoms with Crippen molar-refractivity contribution >= 4 is 0 Å².